The summed E-state index contributed by atoms with van der Waals surface area (Å²) in [5.41, 5.74) is 3.84. The Balaban J connectivity index is 1.55. The van der Waals surface area contributed by atoms with Gasteiger partial charge in [-0.15, -0.1) is 0 Å². The number of benzene rings is 2. The van der Waals surface area contributed by atoms with Crippen LogP contribution in [0.1, 0.15) is 27.3 Å². The van der Waals surface area contributed by atoms with E-state index < -0.39 is 16.8 Å². The number of halogens is 1. The molecule has 2 aromatic carbocycles. The Morgan fingerprint density at radius 2 is 1.91 bits per heavy atom. The van der Waals surface area contributed by atoms with E-state index in [2.05, 4.69) is 31.6 Å². The van der Waals surface area contributed by atoms with Gasteiger partial charge in [0.25, 0.3) is 5.91 Å². The van der Waals surface area contributed by atoms with Gasteiger partial charge in [0, 0.05) is 4.47 Å². The highest BCUT2D eigenvalue weighted by molar-refractivity contribution is 9.10. The van der Waals surface area contributed by atoms with E-state index >= 15 is 0 Å². The maximum atomic E-state index is 12.2. The molecule has 3 aromatic rings. The molecular weight excluding hydrogens is 482 g/mol. The molecular formula is C21H18BrN5O5. The first-order chi connectivity index (χ1) is 15.3. The highest BCUT2D eigenvalue weighted by Gasteiger charge is 2.22. The Hall–Kier alpha value is -3.86. The van der Waals surface area contributed by atoms with Crippen molar-refractivity contribution in [1.29, 1.82) is 0 Å². The summed E-state index contributed by atoms with van der Waals surface area (Å²) in [6, 6.07) is 13.5. The molecule has 10 nitrogen and oxygen atoms in total. The summed E-state index contributed by atoms with van der Waals surface area (Å²) in [4.78, 5) is 34.8. The molecule has 164 valence electrons. The first kappa shape index (κ1) is 22.8. The molecule has 0 unspecified atom stereocenters. The molecule has 0 aliphatic heterocycles. The number of hydrogen-bond donors (Lipinski definition) is 1. The van der Waals surface area contributed by atoms with Crippen molar-refractivity contribution in [3.05, 3.63) is 85.6 Å². The Morgan fingerprint density at radius 1 is 1.22 bits per heavy atom. The largest absolute Gasteiger partial charge is 0.423 e. The highest BCUT2D eigenvalue weighted by Crippen LogP contribution is 2.21. The van der Waals surface area contributed by atoms with Gasteiger partial charge in [0.05, 0.1) is 16.7 Å². The molecule has 1 heterocycles. The number of rotatable bonds is 7. The van der Waals surface area contributed by atoms with Crippen molar-refractivity contribution in [3.8, 4) is 5.75 Å². The molecule has 11 heteroatoms. The van der Waals surface area contributed by atoms with Crippen molar-refractivity contribution < 1.29 is 19.2 Å². The third kappa shape index (κ3) is 5.43. The summed E-state index contributed by atoms with van der Waals surface area (Å²) in [6.07, 6.45) is 1.42. The zero-order chi connectivity index (χ0) is 23.3. The maximum Gasteiger partial charge on any atom is 0.344 e. The number of aryl methyl sites for hydroxylation is 1. The standard InChI is InChI=1S/C21H18BrN5O5/c1-13-20(27(30)31)14(2)26(25-13)12-19(28)24-23-11-15-7-9-16(10-8-15)32-21(29)17-5-3-4-6-18(17)22/h3-11H,12H2,1-2H3,(H,24,28)/b23-11+. The second-order valence-electron chi connectivity index (χ2n) is 6.67. The lowest BCUT2D eigenvalue weighted by Gasteiger charge is -2.06. The summed E-state index contributed by atoms with van der Waals surface area (Å²) in [5, 5.41) is 18.9. The fraction of sp³-hybridized carbons (Fsp3) is 0.143. The number of carbonyl (C=O) groups excluding carboxylic acids is 2. The number of hydrogen-bond acceptors (Lipinski definition) is 7. The van der Waals surface area contributed by atoms with Crippen LogP contribution in [-0.4, -0.2) is 32.8 Å². The number of esters is 1. The van der Waals surface area contributed by atoms with Gasteiger partial charge >= 0.3 is 11.7 Å². The predicted molar refractivity (Wildman–Crippen MR) is 120 cm³/mol. The molecule has 0 spiro atoms. The smallest absolute Gasteiger partial charge is 0.344 e. The molecule has 0 saturated heterocycles. The van der Waals surface area contributed by atoms with E-state index in [-0.39, 0.29) is 17.9 Å². The molecule has 0 saturated carbocycles. The Labute approximate surface area is 191 Å². The minimum atomic E-state index is -0.524. The molecule has 0 bridgehead atoms. The molecule has 1 N–H and O–H groups in total. The van der Waals surface area contributed by atoms with Crippen molar-refractivity contribution in [2.24, 2.45) is 5.10 Å². The van der Waals surface area contributed by atoms with Crippen LogP contribution in [0.2, 0.25) is 0 Å². The lowest BCUT2D eigenvalue weighted by molar-refractivity contribution is -0.386. The third-order valence-electron chi connectivity index (χ3n) is 4.41. The van der Waals surface area contributed by atoms with Gasteiger partial charge in [-0.25, -0.2) is 10.2 Å². The number of carbonyl (C=O) groups is 2. The van der Waals surface area contributed by atoms with Gasteiger partial charge in [0.2, 0.25) is 0 Å². The SMILES string of the molecule is Cc1nn(CC(=O)N/N=C/c2ccc(OC(=O)c3ccccc3Br)cc2)c(C)c1[N+](=O)[O-]. The number of nitrogens with zero attached hydrogens (tertiary/aromatic N) is 4. The first-order valence-corrected chi connectivity index (χ1v) is 10.1. The number of aromatic nitrogens is 2. The first-order valence-electron chi connectivity index (χ1n) is 9.33. The fourth-order valence-corrected chi connectivity index (χ4v) is 3.31. The quantitative estimate of drug-likeness (QED) is 0.174. The second kappa shape index (κ2) is 9.96. The molecule has 0 aliphatic carbocycles. The van der Waals surface area contributed by atoms with Gasteiger partial charge in [-0.05, 0) is 71.7 Å². The van der Waals surface area contributed by atoms with Gasteiger partial charge in [0.15, 0.2) is 0 Å². The third-order valence-corrected chi connectivity index (χ3v) is 5.10. The van der Waals surface area contributed by atoms with Crippen molar-refractivity contribution in [2.45, 2.75) is 20.4 Å². The van der Waals surface area contributed by atoms with E-state index in [1.54, 1.807) is 48.5 Å². The molecule has 32 heavy (non-hydrogen) atoms. The van der Waals surface area contributed by atoms with E-state index in [1.165, 1.54) is 24.7 Å². The number of nitro groups is 1. The van der Waals surface area contributed by atoms with E-state index in [0.29, 0.717) is 27.0 Å². The average molecular weight is 500 g/mol. The molecule has 1 aromatic heterocycles. The van der Waals surface area contributed by atoms with Crippen molar-refractivity contribution >= 4 is 39.7 Å². The molecule has 3 rings (SSSR count). The fourth-order valence-electron chi connectivity index (χ4n) is 2.87. The molecule has 1 amide bonds. The topological polar surface area (TPSA) is 129 Å². The monoisotopic (exact) mass is 499 g/mol. The normalized spacial score (nSPS) is 10.8. The molecule has 0 aliphatic rings. The average Bonchev–Trinajstić information content (AvgIpc) is 3.02. The predicted octanol–water partition coefficient (Wildman–Crippen LogP) is 3.54. The Morgan fingerprint density at radius 3 is 2.53 bits per heavy atom. The van der Waals surface area contributed by atoms with E-state index in [9.17, 15) is 19.7 Å². The van der Waals surface area contributed by atoms with Crippen LogP contribution in [0.4, 0.5) is 5.69 Å². The summed E-state index contributed by atoms with van der Waals surface area (Å²) >= 11 is 3.31. The van der Waals surface area contributed by atoms with Crippen LogP contribution in [0, 0.1) is 24.0 Å². The van der Waals surface area contributed by atoms with Crippen LogP contribution in [0.3, 0.4) is 0 Å². The zero-order valence-corrected chi connectivity index (χ0v) is 18.7. The summed E-state index contributed by atoms with van der Waals surface area (Å²) in [7, 11) is 0. The summed E-state index contributed by atoms with van der Waals surface area (Å²) in [6.45, 7) is 2.83. The van der Waals surface area contributed by atoms with Crippen molar-refractivity contribution in [2.75, 3.05) is 0 Å². The van der Waals surface area contributed by atoms with Gasteiger partial charge in [0.1, 0.15) is 23.7 Å². The summed E-state index contributed by atoms with van der Waals surface area (Å²) in [5.74, 6) is -0.616. The van der Waals surface area contributed by atoms with Gasteiger partial charge in [-0.3, -0.25) is 19.6 Å². The van der Waals surface area contributed by atoms with E-state index in [4.69, 9.17) is 4.74 Å². The number of amides is 1. The van der Waals surface area contributed by atoms with Crippen LogP contribution in [0.25, 0.3) is 0 Å². The highest BCUT2D eigenvalue weighted by atomic mass is 79.9. The van der Waals surface area contributed by atoms with E-state index in [0.717, 1.165) is 0 Å². The molecule has 0 radical (unpaired) electrons. The lowest BCUT2D eigenvalue weighted by atomic mass is 10.2. The maximum absolute atomic E-state index is 12.2. The van der Waals surface area contributed by atoms with Gasteiger partial charge < -0.3 is 4.74 Å². The number of ether oxygens (including phenoxy) is 1. The lowest BCUT2D eigenvalue weighted by Crippen LogP contribution is -2.24. The Kier molecular flexibility index (Phi) is 7.11. The second-order valence-corrected chi connectivity index (χ2v) is 7.52. The van der Waals surface area contributed by atoms with Gasteiger partial charge in [-0.1, -0.05) is 12.1 Å². The molecule has 0 fully saturated rings. The molecule has 0 atom stereocenters. The number of hydrazone groups is 1. The van der Waals surface area contributed by atoms with Crippen LogP contribution >= 0.6 is 15.9 Å². The minimum Gasteiger partial charge on any atom is -0.423 e. The van der Waals surface area contributed by atoms with E-state index in [1.807, 2.05) is 0 Å². The Bertz CT molecular complexity index is 1200. The van der Waals surface area contributed by atoms with Crippen LogP contribution in [-0.2, 0) is 11.3 Å². The van der Waals surface area contributed by atoms with Crippen molar-refractivity contribution in [1.82, 2.24) is 15.2 Å². The summed E-state index contributed by atoms with van der Waals surface area (Å²) < 4.78 is 7.24. The zero-order valence-electron chi connectivity index (χ0n) is 17.1. The van der Waals surface area contributed by atoms with Crippen LogP contribution < -0.4 is 10.2 Å². The van der Waals surface area contributed by atoms with Crippen LogP contribution in [0.15, 0.2) is 58.1 Å². The van der Waals surface area contributed by atoms with Crippen molar-refractivity contribution in [3.63, 3.8) is 0 Å². The van der Waals surface area contributed by atoms with Gasteiger partial charge in [-0.2, -0.15) is 10.2 Å². The van der Waals surface area contributed by atoms with Crippen LogP contribution in [0.5, 0.6) is 5.75 Å². The number of nitrogens with one attached hydrogen (secondary N) is 1. The minimum absolute atomic E-state index is 0.110.